The van der Waals surface area contributed by atoms with Crippen LogP contribution in [0.4, 0.5) is 0 Å². The molecule has 0 aliphatic carbocycles. The molecule has 0 spiro atoms. The number of benzene rings is 2. The minimum atomic E-state index is -1.03. The van der Waals surface area contributed by atoms with Crippen molar-refractivity contribution < 1.29 is 9.90 Å². The van der Waals surface area contributed by atoms with Gasteiger partial charge in [-0.15, -0.1) is 11.6 Å². The summed E-state index contributed by atoms with van der Waals surface area (Å²) in [5, 5.41) is 7.86. The van der Waals surface area contributed by atoms with Crippen molar-refractivity contribution in [3.05, 3.63) is 60.2 Å². The first-order chi connectivity index (χ1) is 8.18. The van der Waals surface area contributed by atoms with E-state index in [1.54, 1.807) is 12.1 Å². The highest BCUT2D eigenvalue weighted by atomic mass is 35.5. The summed E-state index contributed by atoms with van der Waals surface area (Å²) >= 11 is 5.80. The zero-order chi connectivity index (χ0) is 12.3. The lowest BCUT2D eigenvalue weighted by atomic mass is 10.0. The third-order valence-corrected chi connectivity index (χ3v) is 2.94. The number of carboxylic acid groups (broad SMARTS) is 1. The number of alkyl halides is 1. The van der Waals surface area contributed by atoms with E-state index in [0.29, 0.717) is 5.56 Å². The van der Waals surface area contributed by atoms with Gasteiger partial charge in [-0.3, -0.25) is 4.79 Å². The molecule has 0 aromatic heterocycles. The van der Waals surface area contributed by atoms with E-state index >= 15 is 0 Å². The van der Waals surface area contributed by atoms with Crippen LogP contribution in [-0.4, -0.2) is 11.1 Å². The van der Waals surface area contributed by atoms with Crippen LogP contribution in [0.3, 0.4) is 0 Å². The molecule has 1 N–H and O–H groups in total. The quantitative estimate of drug-likeness (QED) is 0.838. The summed E-state index contributed by atoms with van der Waals surface area (Å²) in [5.41, 5.74) is 2.61. The maximum Gasteiger partial charge on any atom is 0.326 e. The third kappa shape index (κ3) is 2.66. The van der Waals surface area contributed by atoms with Crippen LogP contribution in [0, 0.1) is 0 Å². The van der Waals surface area contributed by atoms with Crippen LogP contribution in [0.1, 0.15) is 10.9 Å². The van der Waals surface area contributed by atoms with E-state index in [0.717, 1.165) is 11.1 Å². The summed E-state index contributed by atoms with van der Waals surface area (Å²) in [6.07, 6.45) is 0. The average Bonchev–Trinajstić information content (AvgIpc) is 2.39. The first-order valence-corrected chi connectivity index (χ1v) is 5.64. The Morgan fingerprint density at radius 2 is 1.65 bits per heavy atom. The number of carboxylic acids is 1. The second-order valence-electron chi connectivity index (χ2n) is 3.69. The number of halogens is 1. The van der Waals surface area contributed by atoms with E-state index < -0.39 is 11.3 Å². The Hall–Kier alpha value is -1.80. The topological polar surface area (TPSA) is 37.3 Å². The van der Waals surface area contributed by atoms with Gasteiger partial charge < -0.3 is 5.11 Å². The fourth-order valence-corrected chi connectivity index (χ4v) is 1.78. The number of hydrogen-bond donors (Lipinski definition) is 1. The zero-order valence-corrected chi connectivity index (χ0v) is 9.76. The van der Waals surface area contributed by atoms with Gasteiger partial charge in [-0.25, -0.2) is 0 Å². The maximum atomic E-state index is 10.8. The molecular weight excluding hydrogens is 236 g/mol. The fraction of sp³-hybridized carbons (Fsp3) is 0.0714. The number of hydrogen-bond acceptors (Lipinski definition) is 1. The molecule has 0 aliphatic heterocycles. The van der Waals surface area contributed by atoms with Crippen LogP contribution < -0.4 is 0 Å². The molecule has 17 heavy (non-hydrogen) atoms. The molecule has 2 rings (SSSR count). The molecule has 3 heteroatoms. The standard InChI is InChI=1S/C14H11ClO2/c15-13(14(16)17)12-8-4-7-11(9-12)10-5-2-1-3-6-10/h1-9,13H,(H,16,17). The number of rotatable bonds is 3. The lowest BCUT2D eigenvalue weighted by Crippen LogP contribution is -2.04. The Kier molecular flexibility index (Phi) is 3.45. The molecular formula is C14H11ClO2. The Labute approximate surface area is 104 Å². The monoisotopic (exact) mass is 246 g/mol. The Bertz CT molecular complexity index is 523. The van der Waals surface area contributed by atoms with Crippen molar-refractivity contribution in [2.75, 3.05) is 0 Å². The largest absolute Gasteiger partial charge is 0.480 e. The summed E-state index contributed by atoms with van der Waals surface area (Å²) in [4.78, 5) is 10.8. The molecule has 0 aliphatic rings. The van der Waals surface area contributed by atoms with Crippen molar-refractivity contribution in [3.63, 3.8) is 0 Å². The Morgan fingerprint density at radius 3 is 2.29 bits per heavy atom. The highest BCUT2D eigenvalue weighted by Crippen LogP contribution is 2.26. The molecule has 2 aromatic rings. The van der Waals surface area contributed by atoms with Gasteiger partial charge in [0.2, 0.25) is 0 Å². The lowest BCUT2D eigenvalue weighted by Gasteiger charge is -2.07. The van der Waals surface area contributed by atoms with E-state index in [4.69, 9.17) is 16.7 Å². The van der Waals surface area contributed by atoms with Gasteiger partial charge in [0.15, 0.2) is 5.38 Å². The van der Waals surface area contributed by atoms with Crippen molar-refractivity contribution in [2.45, 2.75) is 5.38 Å². The van der Waals surface area contributed by atoms with Gasteiger partial charge in [0.05, 0.1) is 0 Å². The van der Waals surface area contributed by atoms with Crippen LogP contribution in [-0.2, 0) is 4.79 Å². The lowest BCUT2D eigenvalue weighted by molar-refractivity contribution is -0.136. The summed E-state index contributed by atoms with van der Waals surface area (Å²) < 4.78 is 0. The van der Waals surface area contributed by atoms with Crippen molar-refractivity contribution in [1.82, 2.24) is 0 Å². The smallest absolute Gasteiger partial charge is 0.326 e. The third-order valence-electron chi connectivity index (χ3n) is 2.50. The van der Waals surface area contributed by atoms with Crippen molar-refractivity contribution in [3.8, 4) is 11.1 Å². The van der Waals surface area contributed by atoms with E-state index in [-0.39, 0.29) is 0 Å². The molecule has 2 nitrogen and oxygen atoms in total. The predicted molar refractivity (Wildman–Crippen MR) is 68.1 cm³/mol. The fourth-order valence-electron chi connectivity index (χ4n) is 1.65. The van der Waals surface area contributed by atoms with E-state index in [1.807, 2.05) is 42.5 Å². The summed E-state index contributed by atoms with van der Waals surface area (Å²) in [7, 11) is 0. The molecule has 0 bridgehead atoms. The van der Waals surface area contributed by atoms with Crippen molar-refractivity contribution in [1.29, 1.82) is 0 Å². The SMILES string of the molecule is O=C(O)C(Cl)c1cccc(-c2ccccc2)c1. The van der Waals surface area contributed by atoms with Gasteiger partial charge in [-0.05, 0) is 22.8 Å². The molecule has 0 fully saturated rings. The molecule has 1 atom stereocenters. The summed E-state index contributed by atoms with van der Waals surface area (Å²) in [5.74, 6) is -1.03. The van der Waals surface area contributed by atoms with Crippen LogP contribution in [0.15, 0.2) is 54.6 Å². The van der Waals surface area contributed by atoms with Crippen LogP contribution in [0.2, 0.25) is 0 Å². The molecule has 0 amide bonds. The normalized spacial score (nSPS) is 12.1. The first-order valence-electron chi connectivity index (χ1n) is 5.21. The van der Waals surface area contributed by atoms with Crippen LogP contribution >= 0.6 is 11.6 Å². The second-order valence-corrected chi connectivity index (χ2v) is 4.13. The molecule has 0 saturated carbocycles. The number of carbonyl (C=O) groups is 1. The highest BCUT2D eigenvalue weighted by Gasteiger charge is 2.16. The highest BCUT2D eigenvalue weighted by molar-refractivity contribution is 6.29. The van der Waals surface area contributed by atoms with Gasteiger partial charge in [0, 0.05) is 0 Å². The molecule has 86 valence electrons. The molecule has 0 radical (unpaired) electrons. The number of aliphatic carboxylic acids is 1. The van der Waals surface area contributed by atoms with Gasteiger partial charge in [0.1, 0.15) is 0 Å². The molecule has 0 heterocycles. The Morgan fingerprint density at radius 1 is 1.00 bits per heavy atom. The van der Waals surface area contributed by atoms with E-state index in [1.165, 1.54) is 0 Å². The van der Waals surface area contributed by atoms with Gasteiger partial charge in [-0.1, -0.05) is 48.5 Å². The zero-order valence-electron chi connectivity index (χ0n) is 9.01. The molecule has 0 saturated heterocycles. The minimum absolute atomic E-state index is 0.598. The van der Waals surface area contributed by atoms with Crippen molar-refractivity contribution >= 4 is 17.6 Å². The molecule has 2 aromatic carbocycles. The van der Waals surface area contributed by atoms with Gasteiger partial charge in [0.25, 0.3) is 0 Å². The second kappa shape index (κ2) is 5.02. The van der Waals surface area contributed by atoms with E-state index in [9.17, 15) is 4.79 Å². The van der Waals surface area contributed by atoms with Gasteiger partial charge >= 0.3 is 5.97 Å². The van der Waals surface area contributed by atoms with Crippen LogP contribution in [0.5, 0.6) is 0 Å². The van der Waals surface area contributed by atoms with Crippen LogP contribution in [0.25, 0.3) is 11.1 Å². The van der Waals surface area contributed by atoms with E-state index in [2.05, 4.69) is 0 Å². The van der Waals surface area contributed by atoms with Gasteiger partial charge in [-0.2, -0.15) is 0 Å². The predicted octanol–water partition coefficient (Wildman–Crippen LogP) is 3.72. The maximum absolute atomic E-state index is 10.8. The first kappa shape index (κ1) is 11.7. The molecule has 1 unspecified atom stereocenters. The van der Waals surface area contributed by atoms with Crippen molar-refractivity contribution in [2.24, 2.45) is 0 Å². The minimum Gasteiger partial charge on any atom is -0.480 e. The summed E-state index contributed by atoms with van der Waals surface area (Å²) in [6.45, 7) is 0. The Balaban J connectivity index is 2.39. The summed E-state index contributed by atoms with van der Waals surface area (Å²) in [6, 6.07) is 17.1. The average molecular weight is 247 g/mol.